The summed E-state index contributed by atoms with van der Waals surface area (Å²) in [6, 6.07) is 6.34. The minimum absolute atomic E-state index is 0.122. The van der Waals surface area contributed by atoms with Crippen molar-refractivity contribution < 1.29 is 14.6 Å². The molecule has 1 heterocycles. The van der Waals surface area contributed by atoms with Gasteiger partial charge < -0.3 is 20.9 Å². The summed E-state index contributed by atoms with van der Waals surface area (Å²) in [6.45, 7) is 0. The zero-order chi connectivity index (χ0) is 13.8. The molecular weight excluding hydrogens is 246 g/mol. The minimum Gasteiger partial charge on any atom is -0.505 e. The Morgan fingerprint density at radius 2 is 2.21 bits per heavy atom. The molecule has 0 fully saturated rings. The number of aromatic nitrogens is 1. The van der Waals surface area contributed by atoms with Crippen LogP contribution in [0.3, 0.4) is 0 Å². The van der Waals surface area contributed by atoms with Crippen molar-refractivity contribution in [3.05, 3.63) is 42.2 Å². The monoisotopic (exact) mass is 259 g/mol. The van der Waals surface area contributed by atoms with Gasteiger partial charge in [0.25, 0.3) is 5.91 Å². The van der Waals surface area contributed by atoms with E-state index in [1.165, 1.54) is 25.6 Å². The quantitative estimate of drug-likeness (QED) is 0.728. The molecule has 4 N–H and O–H groups in total. The van der Waals surface area contributed by atoms with Crippen molar-refractivity contribution in [1.29, 1.82) is 0 Å². The first kappa shape index (κ1) is 12.7. The Labute approximate surface area is 109 Å². The van der Waals surface area contributed by atoms with Gasteiger partial charge >= 0.3 is 0 Å². The van der Waals surface area contributed by atoms with E-state index < -0.39 is 5.91 Å². The van der Waals surface area contributed by atoms with Crippen LogP contribution in [-0.4, -0.2) is 23.1 Å². The number of methoxy groups -OCH3 is 1. The van der Waals surface area contributed by atoms with Crippen molar-refractivity contribution in [2.75, 3.05) is 18.2 Å². The molecule has 1 aromatic heterocycles. The van der Waals surface area contributed by atoms with Crippen molar-refractivity contribution in [2.45, 2.75) is 0 Å². The molecule has 1 amide bonds. The highest BCUT2D eigenvalue weighted by Crippen LogP contribution is 2.25. The van der Waals surface area contributed by atoms with Gasteiger partial charge in [0, 0.05) is 12.3 Å². The lowest BCUT2D eigenvalue weighted by Gasteiger charge is -2.10. The molecule has 0 saturated heterocycles. The van der Waals surface area contributed by atoms with E-state index in [9.17, 15) is 9.90 Å². The smallest absolute Gasteiger partial charge is 0.259 e. The summed E-state index contributed by atoms with van der Waals surface area (Å²) < 4.78 is 5.05. The third-order valence-corrected chi connectivity index (χ3v) is 2.55. The number of anilines is 2. The molecule has 0 saturated carbocycles. The fraction of sp³-hybridized carbons (Fsp3) is 0.0769. The first-order valence-electron chi connectivity index (χ1n) is 5.49. The number of hydrogen-bond donors (Lipinski definition) is 3. The highest BCUT2D eigenvalue weighted by atomic mass is 16.5. The number of nitrogens with two attached hydrogens (primary N) is 1. The van der Waals surface area contributed by atoms with Crippen molar-refractivity contribution in [2.24, 2.45) is 0 Å². The molecular formula is C13H13N3O3. The summed E-state index contributed by atoms with van der Waals surface area (Å²) in [5, 5.41) is 12.2. The van der Waals surface area contributed by atoms with Gasteiger partial charge in [-0.1, -0.05) is 0 Å². The van der Waals surface area contributed by atoms with E-state index in [0.29, 0.717) is 17.1 Å². The highest BCUT2D eigenvalue weighted by molar-refractivity contribution is 6.07. The second-order valence-electron chi connectivity index (χ2n) is 3.80. The van der Waals surface area contributed by atoms with E-state index in [-0.39, 0.29) is 11.3 Å². The van der Waals surface area contributed by atoms with Crippen LogP contribution in [0.4, 0.5) is 11.4 Å². The Hall–Kier alpha value is -2.76. The summed E-state index contributed by atoms with van der Waals surface area (Å²) in [6.07, 6.45) is 2.62. The van der Waals surface area contributed by atoms with Crippen LogP contribution in [0.25, 0.3) is 0 Å². The Morgan fingerprint density at radius 3 is 2.89 bits per heavy atom. The zero-order valence-corrected chi connectivity index (χ0v) is 10.3. The van der Waals surface area contributed by atoms with Gasteiger partial charge in [-0.25, -0.2) is 0 Å². The first-order chi connectivity index (χ1) is 9.11. The van der Waals surface area contributed by atoms with Gasteiger partial charge in [0.1, 0.15) is 11.5 Å². The van der Waals surface area contributed by atoms with Crippen LogP contribution in [0.1, 0.15) is 10.4 Å². The maximum atomic E-state index is 12.0. The van der Waals surface area contributed by atoms with E-state index in [1.807, 2.05) is 0 Å². The largest absolute Gasteiger partial charge is 0.505 e. The number of rotatable bonds is 3. The maximum absolute atomic E-state index is 12.0. The number of amides is 1. The second kappa shape index (κ2) is 5.26. The predicted molar refractivity (Wildman–Crippen MR) is 71.3 cm³/mol. The predicted octanol–water partition coefficient (Wildman–Crippen LogP) is 1.63. The number of ether oxygens (including phenoxy) is 1. The number of nitrogen functional groups attached to an aromatic ring is 1. The van der Waals surface area contributed by atoms with E-state index in [0.717, 1.165) is 0 Å². The van der Waals surface area contributed by atoms with Gasteiger partial charge in [-0.15, -0.1) is 0 Å². The number of carbonyl (C=O) groups excluding carboxylic acids is 1. The highest BCUT2D eigenvalue weighted by Gasteiger charge is 2.12. The van der Waals surface area contributed by atoms with Crippen LogP contribution < -0.4 is 15.8 Å². The van der Waals surface area contributed by atoms with Crippen LogP contribution >= 0.6 is 0 Å². The molecule has 2 aromatic rings. The molecule has 0 aliphatic heterocycles. The van der Waals surface area contributed by atoms with Crippen molar-refractivity contribution >= 4 is 17.3 Å². The lowest BCUT2D eigenvalue weighted by atomic mass is 10.2. The molecule has 98 valence electrons. The van der Waals surface area contributed by atoms with E-state index in [1.54, 1.807) is 18.2 Å². The lowest BCUT2D eigenvalue weighted by Crippen LogP contribution is -2.13. The zero-order valence-electron chi connectivity index (χ0n) is 10.3. The van der Waals surface area contributed by atoms with Crippen molar-refractivity contribution in [3.8, 4) is 11.5 Å². The number of hydrogen-bond acceptors (Lipinski definition) is 5. The van der Waals surface area contributed by atoms with Crippen LogP contribution in [0.5, 0.6) is 11.5 Å². The summed E-state index contributed by atoms with van der Waals surface area (Å²) >= 11 is 0. The first-order valence-corrected chi connectivity index (χ1v) is 5.49. The Bertz CT molecular complexity index is 614. The molecule has 0 aliphatic carbocycles. The third-order valence-electron chi connectivity index (χ3n) is 2.55. The van der Waals surface area contributed by atoms with Gasteiger partial charge in [0.05, 0.1) is 30.2 Å². The molecule has 0 bridgehead atoms. The van der Waals surface area contributed by atoms with Crippen LogP contribution in [0.2, 0.25) is 0 Å². The number of carbonyl (C=O) groups is 1. The van der Waals surface area contributed by atoms with Gasteiger partial charge in [-0.3, -0.25) is 9.78 Å². The standard InChI is InChI=1S/C13H13N3O3/c1-19-8-2-3-10(14)11(6-8)16-13(18)9-4-5-15-7-12(9)17/h2-7,17H,14H2,1H3,(H,16,18). The topological polar surface area (TPSA) is 97.5 Å². The van der Waals surface area contributed by atoms with Crippen molar-refractivity contribution in [1.82, 2.24) is 4.98 Å². The van der Waals surface area contributed by atoms with Gasteiger partial charge in [-0.2, -0.15) is 0 Å². The summed E-state index contributed by atoms with van der Waals surface area (Å²) in [5.41, 5.74) is 6.71. The Morgan fingerprint density at radius 1 is 1.42 bits per heavy atom. The number of nitrogens with one attached hydrogen (secondary N) is 1. The average molecular weight is 259 g/mol. The SMILES string of the molecule is COc1ccc(N)c(NC(=O)c2ccncc2O)c1. The molecule has 0 unspecified atom stereocenters. The maximum Gasteiger partial charge on any atom is 0.259 e. The molecule has 1 aromatic carbocycles. The molecule has 0 aliphatic rings. The molecule has 6 heteroatoms. The third kappa shape index (κ3) is 2.74. The normalized spacial score (nSPS) is 9.95. The lowest BCUT2D eigenvalue weighted by molar-refractivity contribution is 0.102. The van der Waals surface area contributed by atoms with Crippen LogP contribution in [-0.2, 0) is 0 Å². The molecule has 0 spiro atoms. The number of benzene rings is 1. The Kier molecular flexibility index (Phi) is 3.51. The number of pyridine rings is 1. The second-order valence-corrected chi connectivity index (χ2v) is 3.80. The Balaban J connectivity index is 2.26. The molecule has 19 heavy (non-hydrogen) atoms. The van der Waals surface area contributed by atoms with Crippen molar-refractivity contribution in [3.63, 3.8) is 0 Å². The minimum atomic E-state index is -0.472. The summed E-state index contributed by atoms with van der Waals surface area (Å²) in [7, 11) is 1.52. The van der Waals surface area contributed by atoms with Crippen LogP contribution in [0, 0.1) is 0 Å². The number of aromatic hydroxyl groups is 1. The van der Waals surface area contributed by atoms with Gasteiger partial charge in [0.2, 0.25) is 0 Å². The molecule has 2 rings (SSSR count). The van der Waals surface area contributed by atoms with E-state index in [4.69, 9.17) is 10.5 Å². The molecule has 0 atom stereocenters. The summed E-state index contributed by atoms with van der Waals surface area (Å²) in [5.74, 6) is -0.0928. The van der Waals surface area contributed by atoms with E-state index >= 15 is 0 Å². The molecule has 6 nitrogen and oxygen atoms in total. The fourth-order valence-electron chi connectivity index (χ4n) is 1.54. The summed E-state index contributed by atoms with van der Waals surface area (Å²) in [4.78, 5) is 15.7. The average Bonchev–Trinajstić information content (AvgIpc) is 2.41. The van der Waals surface area contributed by atoms with Crippen LogP contribution in [0.15, 0.2) is 36.7 Å². The van der Waals surface area contributed by atoms with E-state index in [2.05, 4.69) is 10.3 Å². The number of nitrogens with zero attached hydrogens (tertiary/aromatic N) is 1. The van der Waals surface area contributed by atoms with Gasteiger partial charge in [-0.05, 0) is 18.2 Å². The fourth-order valence-corrected chi connectivity index (χ4v) is 1.54. The molecule has 0 radical (unpaired) electrons. The van der Waals surface area contributed by atoms with Gasteiger partial charge in [0.15, 0.2) is 0 Å².